The quantitative estimate of drug-likeness (QED) is 0.543. The number of rotatable bonds is 7. The molecule has 1 aromatic heterocycles. The summed E-state index contributed by atoms with van der Waals surface area (Å²) in [4.78, 5) is 37.6. The van der Waals surface area contributed by atoms with Gasteiger partial charge in [-0.25, -0.2) is 18.7 Å². The Morgan fingerprint density at radius 1 is 1.24 bits per heavy atom. The molecule has 0 spiro atoms. The summed E-state index contributed by atoms with van der Waals surface area (Å²) in [5, 5.41) is 3.19. The number of anilines is 3. The molecule has 2 saturated heterocycles. The van der Waals surface area contributed by atoms with E-state index < -0.39 is 29.7 Å². The predicted molar refractivity (Wildman–Crippen MR) is 135 cm³/mol. The highest BCUT2D eigenvalue weighted by Crippen LogP contribution is 2.34. The zero-order valence-corrected chi connectivity index (χ0v) is 21.4. The highest BCUT2D eigenvalue weighted by Gasteiger charge is 2.42. The molecular formula is C25H30ClF3N6O2. The molecule has 2 fully saturated rings. The van der Waals surface area contributed by atoms with Crippen LogP contribution in [0.3, 0.4) is 0 Å². The lowest BCUT2D eigenvalue weighted by molar-refractivity contribution is -0.140. The summed E-state index contributed by atoms with van der Waals surface area (Å²) in [5.41, 5.74) is 5.68. The third kappa shape index (κ3) is 5.76. The number of halogens is 4. The van der Waals surface area contributed by atoms with Gasteiger partial charge in [-0.05, 0) is 37.5 Å². The SMILES string of the molecule is CCC(=O)[C@H]1CCN(c2ncnc(N)c2F)C[C@@H]1N1CCC[C@@H](Nc2cc(Cl)cc(C(C)(F)F)c2)C1=O. The first-order valence-corrected chi connectivity index (χ1v) is 12.7. The van der Waals surface area contributed by atoms with Gasteiger partial charge in [0.1, 0.15) is 18.2 Å². The zero-order valence-electron chi connectivity index (χ0n) is 20.7. The number of carbonyl (C=O) groups is 2. The van der Waals surface area contributed by atoms with Crippen LogP contribution in [0, 0.1) is 11.7 Å². The molecule has 2 aliphatic rings. The number of nitrogen functional groups attached to an aromatic ring is 1. The van der Waals surface area contributed by atoms with Crippen LogP contribution in [0.15, 0.2) is 24.5 Å². The van der Waals surface area contributed by atoms with Crippen molar-refractivity contribution in [2.75, 3.05) is 35.6 Å². The van der Waals surface area contributed by atoms with Crippen LogP contribution < -0.4 is 16.0 Å². The minimum Gasteiger partial charge on any atom is -0.381 e. The fourth-order valence-corrected chi connectivity index (χ4v) is 5.40. The molecule has 1 amide bonds. The fourth-order valence-electron chi connectivity index (χ4n) is 5.16. The average molecular weight is 539 g/mol. The lowest BCUT2D eigenvalue weighted by Crippen LogP contribution is -2.61. The molecule has 12 heteroatoms. The van der Waals surface area contributed by atoms with Crippen molar-refractivity contribution < 1.29 is 22.8 Å². The number of Topliss-reactive ketones (excluding diaryl/α,β-unsaturated/α-hetero) is 1. The molecular weight excluding hydrogens is 509 g/mol. The van der Waals surface area contributed by atoms with E-state index in [0.29, 0.717) is 44.5 Å². The largest absolute Gasteiger partial charge is 0.381 e. The molecule has 3 N–H and O–H groups in total. The van der Waals surface area contributed by atoms with Gasteiger partial charge < -0.3 is 20.9 Å². The molecule has 3 heterocycles. The van der Waals surface area contributed by atoms with Crippen molar-refractivity contribution in [3.8, 4) is 0 Å². The molecule has 3 atom stereocenters. The number of nitrogens with zero attached hydrogens (tertiary/aromatic N) is 4. The Morgan fingerprint density at radius 3 is 2.70 bits per heavy atom. The summed E-state index contributed by atoms with van der Waals surface area (Å²) in [6.45, 7) is 3.56. The summed E-state index contributed by atoms with van der Waals surface area (Å²) >= 11 is 6.07. The van der Waals surface area contributed by atoms with E-state index in [1.54, 1.807) is 16.7 Å². The van der Waals surface area contributed by atoms with Crippen molar-refractivity contribution in [3.63, 3.8) is 0 Å². The van der Waals surface area contributed by atoms with Crippen LogP contribution in [-0.2, 0) is 15.5 Å². The third-order valence-electron chi connectivity index (χ3n) is 7.06. The van der Waals surface area contributed by atoms with Gasteiger partial charge in [0, 0.05) is 55.2 Å². The average Bonchev–Trinajstić information content (AvgIpc) is 2.85. The number of nitrogens with one attached hydrogen (secondary N) is 1. The summed E-state index contributed by atoms with van der Waals surface area (Å²) in [6.07, 6.45) is 3.04. The van der Waals surface area contributed by atoms with Crippen LogP contribution in [-0.4, -0.2) is 58.3 Å². The van der Waals surface area contributed by atoms with E-state index in [2.05, 4.69) is 15.3 Å². The van der Waals surface area contributed by atoms with Crippen LogP contribution in [0.5, 0.6) is 0 Å². The molecule has 0 radical (unpaired) electrons. The van der Waals surface area contributed by atoms with Gasteiger partial charge in [0.15, 0.2) is 11.6 Å². The van der Waals surface area contributed by atoms with E-state index >= 15 is 0 Å². The Bertz CT molecular complexity index is 1180. The summed E-state index contributed by atoms with van der Waals surface area (Å²) in [7, 11) is 0. The van der Waals surface area contributed by atoms with Gasteiger partial charge in [-0.3, -0.25) is 9.59 Å². The second kappa shape index (κ2) is 10.7. The van der Waals surface area contributed by atoms with Crippen molar-refractivity contribution in [3.05, 3.63) is 40.9 Å². The second-order valence-corrected chi connectivity index (χ2v) is 10.0. The van der Waals surface area contributed by atoms with Gasteiger partial charge in [0.05, 0.1) is 6.04 Å². The van der Waals surface area contributed by atoms with E-state index in [1.807, 2.05) is 0 Å². The highest BCUT2D eigenvalue weighted by atomic mass is 35.5. The van der Waals surface area contributed by atoms with Crippen molar-refractivity contribution in [2.24, 2.45) is 5.92 Å². The van der Waals surface area contributed by atoms with Crippen LogP contribution in [0.2, 0.25) is 5.02 Å². The zero-order chi connectivity index (χ0) is 26.9. The maximum atomic E-state index is 14.7. The number of aromatic nitrogens is 2. The number of hydrogen-bond acceptors (Lipinski definition) is 7. The van der Waals surface area contributed by atoms with Gasteiger partial charge in [0.2, 0.25) is 11.7 Å². The Kier molecular flexibility index (Phi) is 7.82. The smallest absolute Gasteiger partial charge is 0.270 e. The Hall–Kier alpha value is -3.08. The van der Waals surface area contributed by atoms with Crippen LogP contribution in [0.1, 0.15) is 45.1 Å². The molecule has 0 saturated carbocycles. The molecule has 2 aromatic rings. The molecule has 8 nitrogen and oxygen atoms in total. The number of piperidine rings is 2. The molecule has 4 rings (SSSR count). The van der Waals surface area contributed by atoms with Crippen molar-refractivity contribution >= 4 is 40.6 Å². The maximum absolute atomic E-state index is 14.7. The monoisotopic (exact) mass is 538 g/mol. The molecule has 0 unspecified atom stereocenters. The van der Waals surface area contributed by atoms with Crippen LogP contribution in [0.25, 0.3) is 0 Å². The normalized spacial score (nSPS) is 22.8. The van der Waals surface area contributed by atoms with Crippen molar-refractivity contribution in [1.29, 1.82) is 0 Å². The number of ketones is 1. The predicted octanol–water partition coefficient (Wildman–Crippen LogP) is 4.24. The minimum absolute atomic E-state index is 0.0277. The number of carbonyl (C=O) groups excluding carboxylic acids is 2. The highest BCUT2D eigenvalue weighted by molar-refractivity contribution is 6.31. The second-order valence-electron chi connectivity index (χ2n) is 9.61. The number of hydrogen-bond donors (Lipinski definition) is 2. The van der Waals surface area contributed by atoms with E-state index in [-0.39, 0.29) is 40.5 Å². The lowest BCUT2D eigenvalue weighted by Gasteiger charge is -2.46. The first-order valence-electron chi connectivity index (χ1n) is 12.3. The first kappa shape index (κ1) is 27.0. The minimum atomic E-state index is -3.09. The topological polar surface area (TPSA) is 104 Å². The number of benzene rings is 1. The molecule has 37 heavy (non-hydrogen) atoms. The molecule has 200 valence electrons. The van der Waals surface area contributed by atoms with E-state index in [9.17, 15) is 22.8 Å². The van der Waals surface area contributed by atoms with Gasteiger partial charge in [-0.1, -0.05) is 18.5 Å². The number of amides is 1. The maximum Gasteiger partial charge on any atom is 0.270 e. The van der Waals surface area contributed by atoms with Crippen molar-refractivity contribution in [1.82, 2.24) is 14.9 Å². The third-order valence-corrected chi connectivity index (χ3v) is 7.28. The van der Waals surface area contributed by atoms with Crippen LogP contribution >= 0.6 is 11.6 Å². The molecule has 2 aliphatic heterocycles. The van der Waals surface area contributed by atoms with Gasteiger partial charge >= 0.3 is 0 Å². The Balaban J connectivity index is 1.59. The summed E-state index contributed by atoms with van der Waals surface area (Å²) < 4.78 is 42.5. The summed E-state index contributed by atoms with van der Waals surface area (Å²) in [5.74, 6) is -4.71. The standard InChI is InChI=1S/C25H30ClF3N6O2/c1-3-20(36)17-6-8-34(23-21(27)22(30)31-13-32-23)12-19(17)35-7-4-5-18(24(35)37)33-16-10-14(25(2,28)29)9-15(26)11-16/h9-11,13,17-19,33H,3-8,12H2,1-2H3,(H2,30,31,32)/t17-,18+,19-/m0/s1. The Labute approximate surface area is 218 Å². The van der Waals surface area contributed by atoms with Crippen molar-refractivity contribution in [2.45, 2.75) is 57.5 Å². The number of alkyl halides is 2. The molecule has 0 bridgehead atoms. The lowest BCUT2D eigenvalue weighted by atomic mass is 9.84. The number of nitrogens with two attached hydrogens (primary N) is 1. The van der Waals surface area contributed by atoms with E-state index in [4.69, 9.17) is 17.3 Å². The Morgan fingerprint density at radius 2 is 2.00 bits per heavy atom. The van der Waals surface area contributed by atoms with Crippen LogP contribution in [0.4, 0.5) is 30.5 Å². The summed E-state index contributed by atoms with van der Waals surface area (Å²) in [6, 6.07) is 2.77. The van der Waals surface area contributed by atoms with Gasteiger partial charge in [0.25, 0.3) is 5.92 Å². The molecule has 1 aromatic carbocycles. The number of likely N-dealkylation sites (tertiary alicyclic amines) is 1. The van der Waals surface area contributed by atoms with E-state index in [1.165, 1.54) is 24.5 Å². The first-order chi connectivity index (χ1) is 17.5. The fraction of sp³-hybridized carbons (Fsp3) is 0.520. The molecule has 0 aliphatic carbocycles. The van der Waals surface area contributed by atoms with Gasteiger partial charge in [-0.15, -0.1) is 0 Å². The van der Waals surface area contributed by atoms with Gasteiger partial charge in [-0.2, -0.15) is 4.39 Å². The van der Waals surface area contributed by atoms with E-state index in [0.717, 1.165) is 6.92 Å².